The Bertz CT molecular complexity index is 280. The van der Waals surface area contributed by atoms with Gasteiger partial charge >= 0.3 is 5.97 Å². The molecular weight excluding hydrogens is 244 g/mol. The van der Waals surface area contributed by atoms with E-state index in [9.17, 15) is 9.59 Å². The van der Waals surface area contributed by atoms with Crippen LogP contribution in [-0.2, 0) is 14.3 Å². The maximum atomic E-state index is 12.1. The number of nitrogens with zero attached hydrogens (tertiary/aromatic N) is 1. The number of esters is 1. The average Bonchev–Trinajstić information content (AvgIpc) is 2.39. The Morgan fingerprint density at radius 1 is 1.26 bits per heavy atom. The summed E-state index contributed by atoms with van der Waals surface area (Å²) in [5.41, 5.74) is 0. The summed E-state index contributed by atoms with van der Waals surface area (Å²) in [6.45, 7) is 9.65. The van der Waals surface area contributed by atoms with E-state index in [1.807, 2.05) is 0 Å². The minimum Gasteiger partial charge on any atom is -0.469 e. The maximum Gasteiger partial charge on any atom is 0.307 e. The van der Waals surface area contributed by atoms with Crippen LogP contribution in [0.5, 0.6) is 0 Å². The van der Waals surface area contributed by atoms with Crippen LogP contribution in [0.4, 0.5) is 0 Å². The fourth-order valence-electron chi connectivity index (χ4n) is 1.60. The normalized spacial score (nSPS) is 12.3. The van der Waals surface area contributed by atoms with Crippen LogP contribution in [0.1, 0.15) is 40.5 Å². The zero-order valence-corrected chi connectivity index (χ0v) is 12.9. The summed E-state index contributed by atoms with van der Waals surface area (Å²) >= 11 is 0. The Labute approximate surface area is 116 Å². The molecule has 112 valence electrons. The molecule has 0 saturated heterocycles. The lowest BCUT2D eigenvalue weighted by Crippen LogP contribution is -2.43. The van der Waals surface area contributed by atoms with E-state index in [-0.39, 0.29) is 18.3 Å². The fourth-order valence-corrected chi connectivity index (χ4v) is 1.60. The quantitative estimate of drug-likeness (QED) is 0.645. The van der Waals surface area contributed by atoms with Crippen molar-refractivity contribution in [2.45, 2.75) is 46.6 Å². The molecule has 0 fully saturated rings. The van der Waals surface area contributed by atoms with Gasteiger partial charge < -0.3 is 15.0 Å². The molecule has 0 saturated carbocycles. The zero-order valence-electron chi connectivity index (χ0n) is 12.9. The van der Waals surface area contributed by atoms with Gasteiger partial charge in [-0.15, -0.1) is 0 Å². The number of methoxy groups -OCH3 is 1. The van der Waals surface area contributed by atoms with Crippen LogP contribution in [-0.4, -0.2) is 49.6 Å². The average molecular weight is 272 g/mol. The first-order chi connectivity index (χ1) is 8.90. The van der Waals surface area contributed by atoms with Crippen LogP contribution >= 0.6 is 0 Å². The zero-order chi connectivity index (χ0) is 14.8. The van der Waals surface area contributed by atoms with Gasteiger partial charge in [-0.1, -0.05) is 20.8 Å². The highest BCUT2D eigenvalue weighted by atomic mass is 16.5. The second-order valence-electron chi connectivity index (χ2n) is 5.25. The first-order valence-corrected chi connectivity index (χ1v) is 6.98. The fraction of sp³-hybridized carbons (Fsp3) is 0.857. The Kier molecular flexibility index (Phi) is 9.21. The predicted octanol–water partition coefficient (Wildman–Crippen LogP) is 1.42. The van der Waals surface area contributed by atoms with Crippen LogP contribution in [0.2, 0.25) is 0 Å². The summed E-state index contributed by atoms with van der Waals surface area (Å²) < 4.78 is 4.61. The summed E-state index contributed by atoms with van der Waals surface area (Å²) in [7, 11) is 1.36. The van der Waals surface area contributed by atoms with Crippen LogP contribution in [0, 0.1) is 5.92 Å². The minimum absolute atomic E-state index is 0.0397. The Morgan fingerprint density at radius 3 is 2.37 bits per heavy atom. The summed E-state index contributed by atoms with van der Waals surface area (Å²) in [4.78, 5) is 25.0. The molecule has 0 aliphatic rings. The number of hydrogen-bond donors (Lipinski definition) is 1. The lowest BCUT2D eigenvalue weighted by molar-refractivity contribution is -0.141. The van der Waals surface area contributed by atoms with Crippen LogP contribution in [0.3, 0.4) is 0 Å². The molecule has 5 nitrogen and oxygen atoms in total. The van der Waals surface area contributed by atoms with Crippen molar-refractivity contribution >= 4 is 11.9 Å². The molecule has 19 heavy (non-hydrogen) atoms. The third kappa shape index (κ3) is 8.59. The van der Waals surface area contributed by atoms with E-state index >= 15 is 0 Å². The van der Waals surface area contributed by atoms with Crippen LogP contribution in [0.25, 0.3) is 0 Å². The first-order valence-electron chi connectivity index (χ1n) is 6.98. The number of ether oxygens (including phenoxy) is 1. The van der Waals surface area contributed by atoms with Crippen molar-refractivity contribution in [2.24, 2.45) is 5.92 Å². The van der Waals surface area contributed by atoms with Gasteiger partial charge in [-0.05, 0) is 19.3 Å². The van der Waals surface area contributed by atoms with Gasteiger partial charge in [-0.2, -0.15) is 0 Å². The summed E-state index contributed by atoms with van der Waals surface area (Å²) in [5, 5.41) is 3.18. The molecule has 1 unspecified atom stereocenters. The summed E-state index contributed by atoms with van der Waals surface area (Å²) in [5.74, 6) is 0.138. The molecule has 0 rings (SSSR count). The predicted molar refractivity (Wildman–Crippen MR) is 75.8 cm³/mol. The standard InChI is InChI=1S/C14H28N2O3/c1-6-12(4)15-9-13(17)16(10-11(2)3)8-7-14(18)19-5/h11-12,15H,6-10H2,1-5H3. The molecule has 1 atom stereocenters. The monoisotopic (exact) mass is 272 g/mol. The summed E-state index contributed by atoms with van der Waals surface area (Å²) in [6.07, 6.45) is 1.23. The van der Waals surface area contributed by atoms with E-state index in [0.717, 1.165) is 6.42 Å². The van der Waals surface area contributed by atoms with E-state index in [1.54, 1.807) is 4.90 Å². The van der Waals surface area contributed by atoms with Crippen molar-refractivity contribution in [3.05, 3.63) is 0 Å². The number of amides is 1. The van der Waals surface area contributed by atoms with Gasteiger partial charge in [0.15, 0.2) is 0 Å². The number of rotatable bonds is 9. The van der Waals surface area contributed by atoms with Gasteiger partial charge in [-0.25, -0.2) is 0 Å². The van der Waals surface area contributed by atoms with E-state index < -0.39 is 0 Å². The minimum atomic E-state index is -0.281. The lowest BCUT2D eigenvalue weighted by Gasteiger charge is -2.25. The highest BCUT2D eigenvalue weighted by molar-refractivity contribution is 5.79. The van der Waals surface area contributed by atoms with E-state index in [0.29, 0.717) is 31.6 Å². The SMILES string of the molecule is CCC(C)NCC(=O)N(CCC(=O)OC)CC(C)C. The lowest BCUT2D eigenvalue weighted by atomic mass is 10.2. The van der Waals surface area contributed by atoms with Gasteiger partial charge in [-0.3, -0.25) is 9.59 Å². The molecule has 0 heterocycles. The third-order valence-electron chi connectivity index (χ3n) is 2.97. The molecule has 0 aliphatic carbocycles. The molecule has 0 aromatic rings. The summed E-state index contributed by atoms with van der Waals surface area (Å²) in [6, 6.07) is 0.324. The van der Waals surface area contributed by atoms with E-state index in [2.05, 4.69) is 37.7 Å². The molecule has 0 aromatic heterocycles. The molecule has 1 N–H and O–H groups in total. The third-order valence-corrected chi connectivity index (χ3v) is 2.97. The van der Waals surface area contributed by atoms with Crippen molar-refractivity contribution in [3.63, 3.8) is 0 Å². The Morgan fingerprint density at radius 2 is 1.89 bits per heavy atom. The smallest absolute Gasteiger partial charge is 0.307 e. The molecule has 0 bridgehead atoms. The topological polar surface area (TPSA) is 58.6 Å². The highest BCUT2D eigenvalue weighted by Gasteiger charge is 2.16. The number of hydrogen-bond acceptors (Lipinski definition) is 4. The second-order valence-corrected chi connectivity index (χ2v) is 5.25. The molecule has 0 radical (unpaired) electrons. The number of carbonyl (C=O) groups excluding carboxylic acids is 2. The molecule has 1 amide bonds. The van der Waals surface area contributed by atoms with E-state index in [4.69, 9.17) is 0 Å². The largest absolute Gasteiger partial charge is 0.469 e. The molecule has 0 aromatic carbocycles. The van der Waals surface area contributed by atoms with Crippen molar-refractivity contribution in [2.75, 3.05) is 26.7 Å². The first kappa shape index (κ1) is 17.9. The Balaban J connectivity index is 4.30. The van der Waals surface area contributed by atoms with Crippen LogP contribution < -0.4 is 5.32 Å². The maximum absolute atomic E-state index is 12.1. The van der Waals surface area contributed by atoms with E-state index in [1.165, 1.54) is 7.11 Å². The van der Waals surface area contributed by atoms with Gasteiger partial charge in [0.2, 0.25) is 5.91 Å². The second kappa shape index (κ2) is 9.78. The highest BCUT2D eigenvalue weighted by Crippen LogP contribution is 2.02. The van der Waals surface area contributed by atoms with Gasteiger partial charge in [0.25, 0.3) is 0 Å². The Hall–Kier alpha value is -1.10. The molecule has 0 spiro atoms. The van der Waals surface area contributed by atoms with Crippen molar-refractivity contribution < 1.29 is 14.3 Å². The molecule has 5 heteroatoms. The molecular formula is C14H28N2O3. The van der Waals surface area contributed by atoms with Gasteiger partial charge in [0.1, 0.15) is 0 Å². The van der Waals surface area contributed by atoms with Crippen molar-refractivity contribution in [3.8, 4) is 0 Å². The van der Waals surface area contributed by atoms with Crippen molar-refractivity contribution in [1.82, 2.24) is 10.2 Å². The van der Waals surface area contributed by atoms with Crippen molar-refractivity contribution in [1.29, 1.82) is 0 Å². The van der Waals surface area contributed by atoms with Gasteiger partial charge in [0.05, 0.1) is 20.1 Å². The van der Waals surface area contributed by atoms with Crippen LogP contribution in [0.15, 0.2) is 0 Å². The van der Waals surface area contributed by atoms with Gasteiger partial charge in [0, 0.05) is 19.1 Å². The number of carbonyl (C=O) groups is 2. The number of nitrogens with one attached hydrogen (secondary N) is 1. The molecule has 0 aliphatic heterocycles.